The molecule has 1 aliphatic heterocycles. The quantitative estimate of drug-likeness (QED) is 0.556. The summed E-state index contributed by atoms with van der Waals surface area (Å²) in [5, 5.41) is 4.12. The first-order valence-corrected chi connectivity index (χ1v) is 9.76. The number of nitrogens with zero attached hydrogens (tertiary/aromatic N) is 2. The smallest absolute Gasteiger partial charge is 0.346 e. The third-order valence-electron chi connectivity index (χ3n) is 5.34. The van der Waals surface area contributed by atoms with Gasteiger partial charge in [-0.1, -0.05) is 26.0 Å². The minimum Gasteiger partial charge on any atom is -0.422 e. The number of aromatic nitrogens is 1. The van der Waals surface area contributed by atoms with Gasteiger partial charge in [0.05, 0.1) is 17.4 Å². The van der Waals surface area contributed by atoms with Crippen LogP contribution in [0.25, 0.3) is 21.9 Å². The first-order chi connectivity index (χ1) is 13.4. The highest BCUT2D eigenvalue weighted by Crippen LogP contribution is 2.25. The Kier molecular flexibility index (Phi) is 4.89. The number of aryl methyl sites for hydroxylation is 1. The molecule has 3 heterocycles. The summed E-state index contributed by atoms with van der Waals surface area (Å²) in [5.74, 6) is 1.58. The van der Waals surface area contributed by atoms with Gasteiger partial charge in [-0.2, -0.15) is 0 Å². The Hall–Kier alpha value is -2.73. The highest BCUT2D eigenvalue weighted by atomic mass is 16.4. The van der Waals surface area contributed by atoms with E-state index >= 15 is 0 Å². The zero-order valence-electron chi connectivity index (χ0n) is 16.5. The summed E-state index contributed by atoms with van der Waals surface area (Å²) < 4.78 is 5.41. The van der Waals surface area contributed by atoms with Crippen LogP contribution in [0.1, 0.15) is 25.8 Å². The number of hydrogen-bond donors (Lipinski definition) is 1. The van der Waals surface area contributed by atoms with E-state index in [4.69, 9.17) is 4.42 Å². The standard InChI is InChI=1S/C22H25N3O3/c1-13-8-14(2)11-25(10-13)12-19(26)23-18-9-15(3)20-21(24-18)16-6-4-5-7-17(16)28-22(20)27/h4-7,9,13-14H,8,10-12H2,1-3H3,(H,23,24,26)/t13-,14-/m0/s1. The van der Waals surface area contributed by atoms with Crippen molar-refractivity contribution in [2.45, 2.75) is 27.2 Å². The summed E-state index contributed by atoms with van der Waals surface area (Å²) in [6.45, 7) is 8.52. The molecule has 1 aromatic carbocycles. The number of benzene rings is 1. The van der Waals surface area contributed by atoms with Gasteiger partial charge in [0.25, 0.3) is 0 Å². The molecule has 0 radical (unpaired) electrons. The van der Waals surface area contributed by atoms with Crippen LogP contribution < -0.4 is 10.9 Å². The summed E-state index contributed by atoms with van der Waals surface area (Å²) in [7, 11) is 0. The molecule has 0 saturated carbocycles. The van der Waals surface area contributed by atoms with Gasteiger partial charge >= 0.3 is 5.63 Å². The molecule has 1 aliphatic rings. The molecule has 1 amide bonds. The fraction of sp³-hybridized carbons (Fsp3) is 0.409. The maximum absolute atomic E-state index is 12.6. The van der Waals surface area contributed by atoms with Crippen molar-refractivity contribution in [1.29, 1.82) is 0 Å². The van der Waals surface area contributed by atoms with Gasteiger partial charge in [-0.25, -0.2) is 9.78 Å². The zero-order chi connectivity index (χ0) is 19.8. The molecule has 146 valence electrons. The summed E-state index contributed by atoms with van der Waals surface area (Å²) in [6, 6.07) is 9.04. The Morgan fingerprint density at radius 3 is 2.71 bits per heavy atom. The summed E-state index contributed by atoms with van der Waals surface area (Å²) in [5.41, 5.74) is 1.38. The van der Waals surface area contributed by atoms with Gasteiger partial charge < -0.3 is 9.73 Å². The summed E-state index contributed by atoms with van der Waals surface area (Å²) in [6.07, 6.45) is 1.21. The lowest BCUT2D eigenvalue weighted by Gasteiger charge is -2.34. The lowest BCUT2D eigenvalue weighted by molar-refractivity contribution is -0.117. The molecule has 28 heavy (non-hydrogen) atoms. The number of para-hydroxylation sites is 1. The van der Waals surface area contributed by atoms with Crippen molar-refractivity contribution in [3.63, 3.8) is 0 Å². The van der Waals surface area contributed by atoms with Crippen molar-refractivity contribution in [3.05, 3.63) is 46.3 Å². The first-order valence-electron chi connectivity index (χ1n) is 9.76. The number of rotatable bonds is 3. The SMILES string of the molecule is Cc1cc(NC(=O)CN2C[C@@H](C)C[C@H](C)C2)nc2c1c(=O)oc1ccccc12. The molecule has 1 fully saturated rings. The van der Waals surface area contributed by atoms with E-state index in [2.05, 4.69) is 29.0 Å². The second kappa shape index (κ2) is 7.36. The molecule has 6 heteroatoms. The Morgan fingerprint density at radius 1 is 1.25 bits per heavy atom. The number of fused-ring (bicyclic) bond motifs is 3. The molecule has 3 aromatic rings. The van der Waals surface area contributed by atoms with Crippen molar-refractivity contribution in [2.75, 3.05) is 25.0 Å². The monoisotopic (exact) mass is 379 g/mol. The second-order valence-electron chi connectivity index (χ2n) is 8.12. The maximum Gasteiger partial charge on any atom is 0.346 e. The van der Waals surface area contributed by atoms with Crippen molar-refractivity contribution < 1.29 is 9.21 Å². The van der Waals surface area contributed by atoms with Gasteiger partial charge in [0.1, 0.15) is 11.4 Å². The molecule has 0 aliphatic carbocycles. The number of piperidine rings is 1. The van der Waals surface area contributed by atoms with Gasteiger partial charge in [0.2, 0.25) is 5.91 Å². The van der Waals surface area contributed by atoms with Crippen molar-refractivity contribution in [3.8, 4) is 0 Å². The average molecular weight is 379 g/mol. The fourth-order valence-electron chi connectivity index (χ4n) is 4.40. The van der Waals surface area contributed by atoms with Crippen molar-refractivity contribution in [1.82, 2.24) is 9.88 Å². The molecule has 4 rings (SSSR count). The third-order valence-corrected chi connectivity index (χ3v) is 5.34. The van der Waals surface area contributed by atoms with E-state index in [0.29, 0.717) is 40.7 Å². The Labute approximate surface area is 163 Å². The average Bonchev–Trinajstić information content (AvgIpc) is 2.60. The number of nitrogens with one attached hydrogen (secondary N) is 1. The molecule has 2 aromatic heterocycles. The Morgan fingerprint density at radius 2 is 1.96 bits per heavy atom. The van der Waals surface area contributed by atoms with Crippen molar-refractivity contribution >= 4 is 33.6 Å². The fourth-order valence-corrected chi connectivity index (χ4v) is 4.40. The number of carbonyl (C=O) groups excluding carboxylic acids is 1. The van der Waals surface area contributed by atoms with Gasteiger partial charge in [-0.05, 0) is 48.9 Å². The first kappa shape index (κ1) is 18.6. The van der Waals surface area contributed by atoms with Crippen LogP contribution in [0.5, 0.6) is 0 Å². The van der Waals surface area contributed by atoms with Gasteiger partial charge in [-0.15, -0.1) is 0 Å². The predicted molar refractivity (Wildman–Crippen MR) is 111 cm³/mol. The number of carbonyl (C=O) groups is 1. The van der Waals surface area contributed by atoms with E-state index in [0.717, 1.165) is 24.0 Å². The number of pyridine rings is 1. The molecule has 6 nitrogen and oxygen atoms in total. The highest BCUT2D eigenvalue weighted by Gasteiger charge is 2.23. The van der Waals surface area contributed by atoms with E-state index in [9.17, 15) is 9.59 Å². The van der Waals surface area contributed by atoms with Crippen LogP contribution in [0.15, 0.2) is 39.5 Å². The molecule has 0 bridgehead atoms. The number of anilines is 1. The predicted octanol–water partition coefficient (Wildman–Crippen LogP) is 3.57. The molecule has 1 N–H and O–H groups in total. The van der Waals surface area contributed by atoms with E-state index in [1.165, 1.54) is 6.42 Å². The van der Waals surface area contributed by atoms with Crippen LogP contribution in [0.3, 0.4) is 0 Å². The Balaban J connectivity index is 1.63. The maximum atomic E-state index is 12.6. The molecule has 0 spiro atoms. The molecule has 0 unspecified atom stereocenters. The van der Waals surface area contributed by atoms with Crippen LogP contribution in [0, 0.1) is 18.8 Å². The van der Waals surface area contributed by atoms with Gasteiger partial charge in [-0.3, -0.25) is 9.69 Å². The van der Waals surface area contributed by atoms with Crippen LogP contribution in [0.4, 0.5) is 5.82 Å². The largest absolute Gasteiger partial charge is 0.422 e. The second-order valence-corrected chi connectivity index (χ2v) is 8.12. The van der Waals surface area contributed by atoms with Gasteiger partial charge in [0, 0.05) is 18.5 Å². The third kappa shape index (κ3) is 3.64. The number of amides is 1. The summed E-state index contributed by atoms with van der Waals surface area (Å²) >= 11 is 0. The molecule has 2 atom stereocenters. The van der Waals surface area contributed by atoms with Crippen LogP contribution in [-0.4, -0.2) is 35.4 Å². The minimum atomic E-state index is -0.409. The number of hydrogen-bond acceptors (Lipinski definition) is 5. The molecular formula is C22H25N3O3. The summed E-state index contributed by atoms with van der Waals surface area (Å²) in [4.78, 5) is 31.7. The van der Waals surface area contributed by atoms with Crippen LogP contribution >= 0.6 is 0 Å². The van der Waals surface area contributed by atoms with E-state index in [1.807, 2.05) is 25.1 Å². The minimum absolute atomic E-state index is 0.0835. The molecule has 1 saturated heterocycles. The normalized spacial score (nSPS) is 20.5. The Bertz CT molecular complexity index is 1100. The van der Waals surface area contributed by atoms with Crippen LogP contribution in [-0.2, 0) is 4.79 Å². The lowest BCUT2D eigenvalue weighted by Crippen LogP contribution is -2.42. The zero-order valence-corrected chi connectivity index (χ0v) is 16.5. The lowest BCUT2D eigenvalue weighted by atomic mass is 9.92. The van der Waals surface area contributed by atoms with Crippen LogP contribution in [0.2, 0.25) is 0 Å². The van der Waals surface area contributed by atoms with E-state index in [-0.39, 0.29) is 5.91 Å². The van der Waals surface area contributed by atoms with Gasteiger partial charge in [0.15, 0.2) is 0 Å². The topological polar surface area (TPSA) is 75.4 Å². The van der Waals surface area contributed by atoms with E-state index < -0.39 is 5.63 Å². The molecular weight excluding hydrogens is 354 g/mol. The highest BCUT2D eigenvalue weighted by molar-refractivity contribution is 6.04. The van der Waals surface area contributed by atoms with Crippen molar-refractivity contribution in [2.24, 2.45) is 11.8 Å². The number of likely N-dealkylation sites (tertiary alicyclic amines) is 1. The van der Waals surface area contributed by atoms with E-state index in [1.54, 1.807) is 12.1 Å².